The maximum atomic E-state index is 13.8. The Morgan fingerprint density at radius 2 is 1.83 bits per heavy atom. The average Bonchev–Trinajstić information content (AvgIpc) is 2.79. The fraction of sp³-hybridized carbons (Fsp3) is 0.556. The highest BCUT2D eigenvalue weighted by Crippen LogP contribution is 2.25. The molecular formula is C27H42N4O5. The van der Waals surface area contributed by atoms with Crippen molar-refractivity contribution in [1.82, 2.24) is 15.5 Å². The molecule has 0 heterocycles. The SMILES string of the molecule is C=Cc1cccc(C(C(=O)NCCCCC)N(CCC)C(=O)C(CC(N)=O)NC(=O)OC(C)(C)C)c1. The van der Waals surface area contributed by atoms with Gasteiger partial charge in [0.05, 0.1) is 6.42 Å². The molecule has 2 unspecified atom stereocenters. The molecule has 0 fully saturated rings. The number of amides is 4. The summed E-state index contributed by atoms with van der Waals surface area (Å²) in [5.41, 5.74) is 5.98. The highest BCUT2D eigenvalue weighted by Gasteiger charge is 2.36. The number of alkyl carbamates (subject to hydrolysis) is 1. The van der Waals surface area contributed by atoms with E-state index >= 15 is 0 Å². The van der Waals surface area contributed by atoms with Crippen LogP contribution in [0.25, 0.3) is 6.08 Å². The molecule has 0 aromatic heterocycles. The number of rotatable bonds is 14. The summed E-state index contributed by atoms with van der Waals surface area (Å²) in [6, 6.07) is 4.93. The molecule has 9 heteroatoms. The number of hydrogen-bond donors (Lipinski definition) is 3. The Balaban J connectivity index is 3.41. The molecule has 1 rings (SSSR count). The number of nitrogens with zero attached hydrogens (tertiary/aromatic N) is 1. The van der Waals surface area contributed by atoms with Crippen LogP contribution < -0.4 is 16.4 Å². The molecule has 2 atom stereocenters. The number of unbranched alkanes of at least 4 members (excludes halogenated alkanes) is 2. The standard InChI is InChI=1S/C27H42N4O5/c1-7-10-11-15-29-24(33)23(20-14-12-13-19(9-3)17-20)31(16-8-2)25(34)21(18-22(28)32)30-26(35)36-27(4,5)6/h9,12-14,17,21,23H,3,7-8,10-11,15-16,18H2,1-2,4-6H3,(H2,28,32)(H,29,33)(H,30,35). The topological polar surface area (TPSA) is 131 Å². The number of nitrogens with two attached hydrogens (primary N) is 1. The number of hydrogen-bond acceptors (Lipinski definition) is 5. The Labute approximate surface area is 214 Å². The summed E-state index contributed by atoms with van der Waals surface area (Å²) < 4.78 is 5.28. The van der Waals surface area contributed by atoms with Gasteiger partial charge in [0.2, 0.25) is 17.7 Å². The molecule has 0 spiro atoms. The highest BCUT2D eigenvalue weighted by atomic mass is 16.6. The van der Waals surface area contributed by atoms with Gasteiger partial charge in [-0.2, -0.15) is 0 Å². The summed E-state index contributed by atoms with van der Waals surface area (Å²) in [4.78, 5) is 52.8. The maximum absolute atomic E-state index is 13.8. The normalized spacial score (nSPS) is 12.7. The van der Waals surface area contributed by atoms with E-state index in [1.54, 1.807) is 45.0 Å². The van der Waals surface area contributed by atoms with Crippen molar-refractivity contribution in [2.24, 2.45) is 5.73 Å². The van der Waals surface area contributed by atoms with Crippen molar-refractivity contribution in [3.05, 3.63) is 42.0 Å². The quantitative estimate of drug-likeness (QED) is 0.334. The van der Waals surface area contributed by atoms with Crippen molar-refractivity contribution in [3.63, 3.8) is 0 Å². The Morgan fingerprint density at radius 3 is 2.39 bits per heavy atom. The lowest BCUT2D eigenvalue weighted by Crippen LogP contribution is -2.54. The minimum Gasteiger partial charge on any atom is -0.444 e. The molecule has 1 aromatic rings. The van der Waals surface area contributed by atoms with Crippen LogP contribution in [0.4, 0.5) is 4.79 Å². The van der Waals surface area contributed by atoms with Gasteiger partial charge in [-0.15, -0.1) is 0 Å². The number of benzene rings is 1. The van der Waals surface area contributed by atoms with Crippen molar-refractivity contribution in [1.29, 1.82) is 0 Å². The third kappa shape index (κ3) is 10.5. The summed E-state index contributed by atoms with van der Waals surface area (Å²) in [6.45, 7) is 13.5. The Bertz CT molecular complexity index is 910. The second kappa shape index (κ2) is 14.9. The van der Waals surface area contributed by atoms with E-state index in [-0.39, 0.29) is 12.5 Å². The largest absolute Gasteiger partial charge is 0.444 e. The van der Waals surface area contributed by atoms with Crippen LogP contribution in [0.2, 0.25) is 0 Å². The first-order valence-corrected chi connectivity index (χ1v) is 12.5. The maximum Gasteiger partial charge on any atom is 0.408 e. The van der Waals surface area contributed by atoms with Gasteiger partial charge in [-0.25, -0.2) is 4.79 Å². The molecule has 0 aliphatic carbocycles. The highest BCUT2D eigenvalue weighted by molar-refractivity contribution is 5.94. The van der Waals surface area contributed by atoms with Gasteiger partial charge < -0.3 is 26.0 Å². The predicted octanol–water partition coefficient (Wildman–Crippen LogP) is 3.68. The van der Waals surface area contributed by atoms with E-state index in [1.807, 2.05) is 13.0 Å². The second-order valence-electron chi connectivity index (χ2n) is 9.68. The zero-order valence-corrected chi connectivity index (χ0v) is 22.3. The first-order chi connectivity index (χ1) is 16.9. The summed E-state index contributed by atoms with van der Waals surface area (Å²) in [5, 5.41) is 5.41. The molecule has 0 radical (unpaired) electrons. The smallest absolute Gasteiger partial charge is 0.408 e. The average molecular weight is 503 g/mol. The van der Waals surface area contributed by atoms with Crippen LogP contribution in [0.15, 0.2) is 30.8 Å². The molecule has 0 bridgehead atoms. The van der Waals surface area contributed by atoms with E-state index < -0.39 is 42.0 Å². The molecule has 0 aliphatic heterocycles. The minimum absolute atomic E-state index is 0.218. The number of primary amides is 1. The van der Waals surface area contributed by atoms with Gasteiger partial charge in [0.15, 0.2) is 0 Å². The molecule has 36 heavy (non-hydrogen) atoms. The minimum atomic E-state index is -1.29. The van der Waals surface area contributed by atoms with E-state index in [0.29, 0.717) is 18.5 Å². The van der Waals surface area contributed by atoms with Crippen LogP contribution in [0.5, 0.6) is 0 Å². The zero-order valence-electron chi connectivity index (χ0n) is 22.3. The van der Waals surface area contributed by atoms with Gasteiger partial charge in [0.25, 0.3) is 0 Å². The van der Waals surface area contributed by atoms with Gasteiger partial charge in [-0.1, -0.05) is 57.5 Å². The summed E-state index contributed by atoms with van der Waals surface area (Å²) in [5.74, 6) is -1.71. The lowest BCUT2D eigenvalue weighted by atomic mass is 9.99. The Kier molecular flexibility index (Phi) is 12.7. The van der Waals surface area contributed by atoms with Crippen LogP contribution in [-0.2, 0) is 19.1 Å². The van der Waals surface area contributed by atoms with Crippen molar-refractivity contribution in [2.75, 3.05) is 13.1 Å². The van der Waals surface area contributed by atoms with Crippen molar-refractivity contribution in [3.8, 4) is 0 Å². The molecule has 0 saturated heterocycles. The monoisotopic (exact) mass is 502 g/mol. The predicted molar refractivity (Wildman–Crippen MR) is 141 cm³/mol. The number of nitrogens with one attached hydrogen (secondary N) is 2. The first kappa shape index (κ1) is 30.7. The number of carbonyl (C=O) groups excluding carboxylic acids is 4. The molecule has 200 valence electrons. The van der Waals surface area contributed by atoms with Crippen LogP contribution in [0.3, 0.4) is 0 Å². The van der Waals surface area contributed by atoms with Gasteiger partial charge in [0.1, 0.15) is 17.7 Å². The van der Waals surface area contributed by atoms with E-state index in [0.717, 1.165) is 24.8 Å². The van der Waals surface area contributed by atoms with Gasteiger partial charge in [-0.3, -0.25) is 14.4 Å². The van der Waals surface area contributed by atoms with E-state index in [4.69, 9.17) is 10.5 Å². The van der Waals surface area contributed by atoms with Gasteiger partial charge >= 0.3 is 6.09 Å². The third-order valence-corrected chi connectivity index (χ3v) is 5.24. The first-order valence-electron chi connectivity index (χ1n) is 12.5. The lowest BCUT2D eigenvalue weighted by Gasteiger charge is -2.34. The second-order valence-corrected chi connectivity index (χ2v) is 9.68. The molecular weight excluding hydrogens is 460 g/mol. The fourth-order valence-corrected chi connectivity index (χ4v) is 3.67. The summed E-state index contributed by atoms with van der Waals surface area (Å²) in [7, 11) is 0. The van der Waals surface area contributed by atoms with Gasteiger partial charge in [0, 0.05) is 13.1 Å². The van der Waals surface area contributed by atoms with Gasteiger partial charge in [-0.05, 0) is 50.8 Å². The van der Waals surface area contributed by atoms with E-state index in [2.05, 4.69) is 24.1 Å². The summed E-state index contributed by atoms with van der Waals surface area (Å²) >= 11 is 0. The molecule has 0 aliphatic rings. The van der Waals surface area contributed by atoms with Crippen LogP contribution in [0.1, 0.15) is 83.9 Å². The van der Waals surface area contributed by atoms with Crippen molar-refractivity contribution < 1.29 is 23.9 Å². The van der Waals surface area contributed by atoms with Crippen LogP contribution in [0, 0.1) is 0 Å². The molecule has 9 nitrogen and oxygen atoms in total. The number of ether oxygens (including phenoxy) is 1. The van der Waals surface area contributed by atoms with Crippen molar-refractivity contribution in [2.45, 2.75) is 84.4 Å². The Hall–Kier alpha value is -3.36. The zero-order chi connectivity index (χ0) is 27.3. The van der Waals surface area contributed by atoms with Crippen LogP contribution in [-0.4, -0.2) is 53.4 Å². The van der Waals surface area contributed by atoms with Crippen LogP contribution >= 0.6 is 0 Å². The molecule has 4 amide bonds. The third-order valence-electron chi connectivity index (χ3n) is 5.24. The Morgan fingerprint density at radius 1 is 1.14 bits per heavy atom. The molecule has 4 N–H and O–H groups in total. The molecule has 0 saturated carbocycles. The fourth-order valence-electron chi connectivity index (χ4n) is 3.67. The van der Waals surface area contributed by atoms with E-state index in [9.17, 15) is 19.2 Å². The van der Waals surface area contributed by atoms with E-state index in [1.165, 1.54) is 4.90 Å². The molecule has 1 aromatic carbocycles. The summed E-state index contributed by atoms with van der Waals surface area (Å²) in [6.07, 6.45) is 3.70. The lowest BCUT2D eigenvalue weighted by molar-refractivity contribution is -0.143. The number of carbonyl (C=O) groups is 4. The van der Waals surface area contributed by atoms with Crippen molar-refractivity contribution >= 4 is 29.9 Å².